The van der Waals surface area contributed by atoms with Gasteiger partial charge in [0.25, 0.3) is 0 Å². The minimum Gasteiger partial charge on any atom is -0.383 e. The van der Waals surface area contributed by atoms with E-state index in [1.165, 1.54) is 0 Å². The molecule has 1 N–H and O–H groups in total. The Morgan fingerprint density at radius 1 is 1.44 bits per heavy atom. The molecule has 0 radical (unpaired) electrons. The first-order valence-corrected chi connectivity index (χ1v) is 5.51. The van der Waals surface area contributed by atoms with Crippen LogP contribution < -0.4 is 5.32 Å². The monoisotopic (exact) mass is 216 g/mol. The quantitative estimate of drug-likeness (QED) is 0.763. The maximum atomic E-state index is 12.0. The molecule has 1 aliphatic rings. The Morgan fingerprint density at radius 2 is 2.25 bits per heavy atom. The maximum Gasteiger partial charge on any atom is 0.227 e. The summed E-state index contributed by atoms with van der Waals surface area (Å²) in [4.78, 5) is 13.8. The van der Waals surface area contributed by atoms with Crippen LogP contribution in [-0.4, -0.2) is 30.4 Å². The fourth-order valence-electron chi connectivity index (χ4n) is 1.92. The molecule has 1 amide bonds. The number of fused-ring (bicyclic) bond motifs is 1. The Bertz CT molecular complexity index is 401. The Morgan fingerprint density at radius 3 is 3.06 bits per heavy atom. The van der Waals surface area contributed by atoms with Crippen LogP contribution >= 0.6 is 0 Å². The molecule has 3 heteroatoms. The van der Waals surface area contributed by atoms with Crippen LogP contribution in [0.2, 0.25) is 0 Å². The molecule has 0 unspecified atom stereocenters. The average Bonchev–Trinajstić information content (AvgIpc) is 2.28. The molecule has 84 valence electrons. The van der Waals surface area contributed by atoms with Gasteiger partial charge in [-0.1, -0.05) is 24.3 Å². The van der Waals surface area contributed by atoms with Crippen molar-refractivity contribution in [2.75, 3.05) is 25.0 Å². The second-order valence-electron chi connectivity index (χ2n) is 3.89. The molecule has 16 heavy (non-hydrogen) atoms. The lowest BCUT2D eigenvalue weighted by Gasteiger charge is -2.25. The van der Waals surface area contributed by atoms with Gasteiger partial charge in [0, 0.05) is 25.3 Å². The standard InChI is InChI=1S/C13H16N2O/c1-2-8-15-9-7-14-12-6-4-3-5-11(12)10-13(15)16/h2-6,14H,1,7-10H2. The van der Waals surface area contributed by atoms with Crippen LogP contribution in [0.1, 0.15) is 5.56 Å². The summed E-state index contributed by atoms with van der Waals surface area (Å²) in [5, 5.41) is 3.35. The molecule has 1 aromatic rings. The van der Waals surface area contributed by atoms with Gasteiger partial charge in [0.15, 0.2) is 0 Å². The minimum atomic E-state index is 0.175. The van der Waals surface area contributed by atoms with Gasteiger partial charge in [-0.3, -0.25) is 4.79 Å². The lowest BCUT2D eigenvalue weighted by molar-refractivity contribution is -0.129. The highest BCUT2D eigenvalue weighted by Crippen LogP contribution is 2.18. The molecule has 0 bridgehead atoms. The molecule has 1 aromatic carbocycles. The Hall–Kier alpha value is -1.77. The van der Waals surface area contributed by atoms with Crippen molar-refractivity contribution in [3.8, 4) is 0 Å². The number of nitrogens with zero attached hydrogens (tertiary/aromatic N) is 1. The number of rotatable bonds is 2. The highest BCUT2D eigenvalue weighted by Gasteiger charge is 2.16. The molecule has 2 rings (SSSR count). The zero-order valence-electron chi connectivity index (χ0n) is 9.28. The number of carbonyl (C=O) groups excluding carboxylic acids is 1. The van der Waals surface area contributed by atoms with Crippen LogP contribution in [-0.2, 0) is 11.2 Å². The van der Waals surface area contributed by atoms with Crippen LogP contribution in [0.15, 0.2) is 36.9 Å². The summed E-state index contributed by atoms with van der Waals surface area (Å²) in [7, 11) is 0. The SMILES string of the molecule is C=CCN1CCNc2ccccc2CC1=O. The van der Waals surface area contributed by atoms with E-state index < -0.39 is 0 Å². The topological polar surface area (TPSA) is 32.3 Å². The minimum absolute atomic E-state index is 0.175. The molecule has 0 fully saturated rings. The molecule has 0 saturated carbocycles. The van der Waals surface area contributed by atoms with Gasteiger partial charge < -0.3 is 10.2 Å². The second-order valence-corrected chi connectivity index (χ2v) is 3.89. The number of hydrogen-bond acceptors (Lipinski definition) is 2. The maximum absolute atomic E-state index is 12.0. The van der Waals surface area contributed by atoms with Gasteiger partial charge in [-0.15, -0.1) is 6.58 Å². The van der Waals surface area contributed by atoms with Gasteiger partial charge in [-0.25, -0.2) is 0 Å². The molecule has 1 heterocycles. The number of hydrogen-bond donors (Lipinski definition) is 1. The van der Waals surface area contributed by atoms with Crippen molar-refractivity contribution in [3.05, 3.63) is 42.5 Å². The number of amides is 1. The molecule has 0 aliphatic carbocycles. The van der Waals surface area contributed by atoms with E-state index in [1.54, 1.807) is 6.08 Å². The molecule has 0 saturated heterocycles. The van der Waals surface area contributed by atoms with Crippen LogP contribution in [0.4, 0.5) is 5.69 Å². The van der Waals surface area contributed by atoms with E-state index in [0.717, 1.165) is 24.3 Å². The predicted octanol–water partition coefficient (Wildman–Crippen LogP) is 1.67. The molecular formula is C13H16N2O. The molecule has 0 atom stereocenters. The first-order valence-electron chi connectivity index (χ1n) is 5.51. The summed E-state index contributed by atoms with van der Waals surface area (Å²) in [6.45, 7) is 5.82. The van der Waals surface area contributed by atoms with E-state index in [2.05, 4.69) is 11.9 Å². The van der Waals surface area contributed by atoms with Crippen molar-refractivity contribution in [1.29, 1.82) is 0 Å². The van der Waals surface area contributed by atoms with Gasteiger partial charge in [-0.2, -0.15) is 0 Å². The van der Waals surface area contributed by atoms with E-state index in [0.29, 0.717) is 13.0 Å². The van der Waals surface area contributed by atoms with Crippen LogP contribution in [0.25, 0.3) is 0 Å². The van der Waals surface area contributed by atoms with E-state index in [-0.39, 0.29) is 5.91 Å². The van der Waals surface area contributed by atoms with Crippen LogP contribution in [0.3, 0.4) is 0 Å². The third-order valence-electron chi connectivity index (χ3n) is 2.76. The number of carbonyl (C=O) groups is 1. The fraction of sp³-hybridized carbons (Fsp3) is 0.308. The molecular weight excluding hydrogens is 200 g/mol. The lowest BCUT2D eigenvalue weighted by atomic mass is 10.1. The summed E-state index contributed by atoms with van der Waals surface area (Å²) >= 11 is 0. The smallest absolute Gasteiger partial charge is 0.227 e. The number of para-hydroxylation sites is 1. The Balaban J connectivity index is 2.20. The third kappa shape index (κ3) is 2.24. The van der Waals surface area contributed by atoms with Crippen LogP contribution in [0, 0.1) is 0 Å². The zero-order valence-corrected chi connectivity index (χ0v) is 9.28. The van der Waals surface area contributed by atoms with Gasteiger partial charge >= 0.3 is 0 Å². The normalized spacial score (nSPS) is 15.8. The highest BCUT2D eigenvalue weighted by molar-refractivity contribution is 5.81. The largest absolute Gasteiger partial charge is 0.383 e. The first kappa shape index (κ1) is 10.7. The number of nitrogens with one attached hydrogen (secondary N) is 1. The third-order valence-corrected chi connectivity index (χ3v) is 2.76. The van der Waals surface area contributed by atoms with E-state index in [1.807, 2.05) is 29.2 Å². The molecule has 0 spiro atoms. The highest BCUT2D eigenvalue weighted by atomic mass is 16.2. The van der Waals surface area contributed by atoms with Crippen molar-refractivity contribution in [2.45, 2.75) is 6.42 Å². The van der Waals surface area contributed by atoms with Gasteiger partial charge in [0.05, 0.1) is 6.42 Å². The summed E-state index contributed by atoms with van der Waals surface area (Å²) in [5.41, 5.74) is 2.15. The van der Waals surface area contributed by atoms with Crippen molar-refractivity contribution < 1.29 is 4.79 Å². The summed E-state index contributed by atoms with van der Waals surface area (Å²) in [5.74, 6) is 0.175. The van der Waals surface area contributed by atoms with Gasteiger partial charge in [-0.05, 0) is 11.6 Å². The number of anilines is 1. The summed E-state index contributed by atoms with van der Waals surface area (Å²) < 4.78 is 0. The van der Waals surface area contributed by atoms with Gasteiger partial charge in [0.1, 0.15) is 0 Å². The van der Waals surface area contributed by atoms with E-state index in [4.69, 9.17) is 0 Å². The van der Waals surface area contributed by atoms with Crippen molar-refractivity contribution >= 4 is 11.6 Å². The fourth-order valence-corrected chi connectivity index (χ4v) is 1.92. The van der Waals surface area contributed by atoms with Crippen molar-refractivity contribution in [1.82, 2.24) is 4.90 Å². The molecule has 1 aliphatic heterocycles. The second kappa shape index (κ2) is 4.84. The number of benzene rings is 1. The first-order chi connectivity index (χ1) is 7.81. The predicted molar refractivity (Wildman–Crippen MR) is 65.4 cm³/mol. The van der Waals surface area contributed by atoms with Crippen molar-refractivity contribution in [3.63, 3.8) is 0 Å². The lowest BCUT2D eigenvalue weighted by Crippen LogP contribution is -2.38. The molecule has 3 nitrogen and oxygen atoms in total. The molecule has 0 aromatic heterocycles. The Kier molecular flexibility index (Phi) is 3.25. The van der Waals surface area contributed by atoms with Crippen LogP contribution in [0.5, 0.6) is 0 Å². The summed E-state index contributed by atoms with van der Waals surface area (Å²) in [6, 6.07) is 7.97. The average molecular weight is 216 g/mol. The van der Waals surface area contributed by atoms with E-state index in [9.17, 15) is 4.79 Å². The summed E-state index contributed by atoms with van der Waals surface area (Å²) in [6.07, 6.45) is 2.24. The van der Waals surface area contributed by atoms with Gasteiger partial charge in [0.2, 0.25) is 5.91 Å². The van der Waals surface area contributed by atoms with E-state index >= 15 is 0 Å². The zero-order chi connectivity index (χ0) is 11.4. The Labute approximate surface area is 95.8 Å². The van der Waals surface area contributed by atoms with Crippen molar-refractivity contribution in [2.24, 2.45) is 0 Å².